The highest BCUT2D eigenvalue weighted by Gasteiger charge is 2.24. The zero-order chi connectivity index (χ0) is 10.1. The molecule has 0 bridgehead atoms. The lowest BCUT2D eigenvalue weighted by molar-refractivity contribution is 0.402. The second kappa shape index (κ2) is 3.81. The molecule has 2 heterocycles. The average Bonchev–Trinajstić information content (AvgIpc) is 2.66. The smallest absolute Gasteiger partial charge is 0.244 e. The van der Waals surface area contributed by atoms with E-state index >= 15 is 0 Å². The highest BCUT2D eigenvalue weighted by Crippen LogP contribution is 2.34. The minimum absolute atomic E-state index is 0.647. The average molecular weight is 207 g/mol. The molecule has 0 radical (unpaired) electrons. The molecule has 1 saturated heterocycles. The van der Waals surface area contributed by atoms with Gasteiger partial charge in [0, 0.05) is 32.1 Å². The van der Waals surface area contributed by atoms with E-state index in [9.17, 15) is 0 Å². The van der Waals surface area contributed by atoms with Crippen LogP contribution in [0.5, 0.6) is 0 Å². The van der Waals surface area contributed by atoms with Gasteiger partial charge in [0.15, 0.2) is 0 Å². The lowest BCUT2D eigenvalue weighted by atomic mass is 9.85. The van der Waals surface area contributed by atoms with E-state index in [2.05, 4.69) is 25.4 Å². The van der Waals surface area contributed by atoms with Gasteiger partial charge < -0.3 is 10.2 Å². The first kappa shape index (κ1) is 9.15. The van der Waals surface area contributed by atoms with Crippen LogP contribution in [0.3, 0.4) is 0 Å². The summed E-state index contributed by atoms with van der Waals surface area (Å²) in [5.41, 5.74) is 0. The Morgan fingerprint density at radius 2 is 2.00 bits per heavy atom. The second-order valence-electron chi connectivity index (χ2n) is 4.39. The summed E-state index contributed by atoms with van der Waals surface area (Å²) in [6.45, 7) is 4.10. The standard InChI is InChI=1S/C10H17N5/c1-2-8(3-1)9-12-10(14-13-9)15-6-4-11-5-7-15/h8,11H,1-7H2,(H,12,13,14). The monoisotopic (exact) mass is 207 g/mol. The van der Waals surface area contributed by atoms with Gasteiger partial charge in [0.25, 0.3) is 0 Å². The normalized spacial score (nSPS) is 22.8. The fourth-order valence-electron chi connectivity index (χ4n) is 2.14. The van der Waals surface area contributed by atoms with Crippen LogP contribution in [0.25, 0.3) is 0 Å². The highest BCUT2D eigenvalue weighted by molar-refractivity contribution is 5.30. The van der Waals surface area contributed by atoms with Crippen LogP contribution in [-0.4, -0.2) is 41.4 Å². The Balaban J connectivity index is 1.71. The van der Waals surface area contributed by atoms with Crippen LogP contribution >= 0.6 is 0 Å². The quantitative estimate of drug-likeness (QED) is 0.740. The Morgan fingerprint density at radius 1 is 1.20 bits per heavy atom. The summed E-state index contributed by atoms with van der Waals surface area (Å²) in [4.78, 5) is 6.83. The lowest BCUT2D eigenvalue weighted by Crippen LogP contribution is -2.44. The number of H-pyrrole nitrogens is 1. The summed E-state index contributed by atoms with van der Waals surface area (Å²) in [6, 6.07) is 0. The van der Waals surface area contributed by atoms with Crippen molar-refractivity contribution >= 4 is 5.95 Å². The zero-order valence-electron chi connectivity index (χ0n) is 8.87. The molecule has 1 saturated carbocycles. The first-order valence-electron chi connectivity index (χ1n) is 5.81. The molecule has 2 aliphatic rings. The molecule has 2 fully saturated rings. The van der Waals surface area contributed by atoms with E-state index in [1.54, 1.807) is 0 Å². The molecule has 0 spiro atoms. The third kappa shape index (κ3) is 1.71. The summed E-state index contributed by atoms with van der Waals surface area (Å²) >= 11 is 0. The molecule has 15 heavy (non-hydrogen) atoms. The fourth-order valence-corrected chi connectivity index (χ4v) is 2.14. The van der Waals surface area contributed by atoms with Gasteiger partial charge in [-0.15, -0.1) is 5.10 Å². The summed E-state index contributed by atoms with van der Waals surface area (Å²) in [6.07, 6.45) is 3.89. The largest absolute Gasteiger partial charge is 0.337 e. The lowest BCUT2D eigenvalue weighted by Gasteiger charge is -2.26. The van der Waals surface area contributed by atoms with Crippen molar-refractivity contribution in [3.05, 3.63) is 5.82 Å². The van der Waals surface area contributed by atoms with Crippen LogP contribution in [0.15, 0.2) is 0 Å². The predicted octanol–water partition coefficient (Wildman–Crippen LogP) is 0.482. The maximum Gasteiger partial charge on any atom is 0.244 e. The molecule has 1 aromatic heterocycles. The van der Waals surface area contributed by atoms with Crippen molar-refractivity contribution in [2.45, 2.75) is 25.2 Å². The SMILES string of the molecule is C1CC(c2nc(N3CCNCC3)n[nH]2)C1. The molecular formula is C10H17N5. The molecule has 1 aliphatic heterocycles. The maximum atomic E-state index is 4.59. The van der Waals surface area contributed by atoms with Crippen molar-refractivity contribution in [1.29, 1.82) is 0 Å². The van der Waals surface area contributed by atoms with Crippen LogP contribution in [0, 0.1) is 0 Å². The van der Waals surface area contributed by atoms with Crippen molar-refractivity contribution < 1.29 is 0 Å². The van der Waals surface area contributed by atoms with E-state index < -0.39 is 0 Å². The summed E-state index contributed by atoms with van der Waals surface area (Å²) in [5, 5.41) is 10.7. The van der Waals surface area contributed by atoms with Crippen molar-refractivity contribution in [3.63, 3.8) is 0 Å². The first-order chi connectivity index (χ1) is 7.43. The summed E-state index contributed by atoms with van der Waals surface area (Å²) in [7, 11) is 0. The molecule has 1 aliphatic carbocycles. The van der Waals surface area contributed by atoms with Gasteiger partial charge >= 0.3 is 0 Å². The van der Waals surface area contributed by atoms with E-state index in [0.29, 0.717) is 5.92 Å². The third-order valence-electron chi connectivity index (χ3n) is 3.38. The van der Waals surface area contributed by atoms with Gasteiger partial charge in [0.2, 0.25) is 5.95 Å². The number of hydrogen-bond acceptors (Lipinski definition) is 4. The van der Waals surface area contributed by atoms with Crippen LogP contribution in [-0.2, 0) is 0 Å². The van der Waals surface area contributed by atoms with Crippen molar-refractivity contribution in [1.82, 2.24) is 20.5 Å². The summed E-state index contributed by atoms with van der Waals surface area (Å²) in [5.74, 6) is 2.63. The van der Waals surface area contributed by atoms with E-state index in [-0.39, 0.29) is 0 Å². The van der Waals surface area contributed by atoms with Gasteiger partial charge in [-0.05, 0) is 12.8 Å². The predicted molar refractivity (Wildman–Crippen MR) is 58.1 cm³/mol. The number of nitrogens with zero attached hydrogens (tertiary/aromatic N) is 3. The minimum Gasteiger partial charge on any atom is -0.337 e. The van der Waals surface area contributed by atoms with Gasteiger partial charge in [0.05, 0.1) is 0 Å². The molecule has 3 rings (SSSR count). The Morgan fingerprint density at radius 3 is 2.67 bits per heavy atom. The van der Waals surface area contributed by atoms with Crippen LogP contribution in [0.1, 0.15) is 31.0 Å². The molecule has 0 atom stereocenters. The van der Waals surface area contributed by atoms with Gasteiger partial charge in [-0.25, -0.2) is 0 Å². The molecule has 2 N–H and O–H groups in total. The van der Waals surface area contributed by atoms with Crippen molar-refractivity contribution in [2.75, 3.05) is 31.1 Å². The zero-order valence-corrected chi connectivity index (χ0v) is 8.87. The number of anilines is 1. The fraction of sp³-hybridized carbons (Fsp3) is 0.800. The molecule has 5 heteroatoms. The Kier molecular flexibility index (Phi) is 2.32. The number of hydrogen-bond donors (Lipinski definition) is 2. The number of nitrogens with one attached hydrogen (secondary N) is 2. The van der Waals surface area contributed by atoms with Crippen molar-refractivity contribution in [2.24, 2.45) is 0 Å². The Labute approximate surface area is 89.3 Å². The van der Waals surface area contributed by atoms with Crippen LogP contribution in [0.2, 0.25) is 0 Å². The maximum absolute atomic E-state index is 4.59. The second-order valence-corrected chi connectivity index (χ2v) is 4.39. The van der Waals surface area contributed by atoms with E-state index in [1.165, 1.54) is 19.3 Å². The topological polar surface area (TPSA) is 56.8 Å². The number of aromatic nitrogens is 3. The van der Waals surface area contributed by atoms with Gasteiger partial charge in [-0.3, -0.25) is 5.10 Å². The molecule has 0 unspecified atom stereocenters. The molecule has 1 aromatic rings. The van der Waals surface area contributed by atoms with Gasteiger partial charge in [0.1, 0.15) is 5.82 Å². The minimum atomic E-state index is 0.647. The van der Waals surface area contributed by atoms with E-state index in [0.717, 1.165) is 38.0 Å². The number of aromatic amines is 1. The molecule has 5 nitrogen and oxygen atoms in total. The molecule has 0 amide bonds. The van der Waals surface area contributed by atoms with Gasteiger partial charge in [-0.2, -0.15) is 4.98 Å². The molecule has 82 valence electrons. The number of piperazine rings is 1. The van der Waals surface area contributed by atoms with Crippen molar-refractivity contribution in [3.8, 4) is 0 Å². The first-order valence-corrected chi connectivity index (χ1v) is 5.81. The number of rotatable bonds is 2. The highest BCUT2D eigenvalue weighted by atomic mass is 15.4. The van der Waals surface area contributed by atoms with E-state index in [4.69, 9.17) is 0 Å². The third-order valence-corrected chi connectivity index (χ3v) is 3.38. The van der Waals surface area contributed by atoms with Crippen LogP contribution in [0.4, 0.5) is 5.95 Å². The molecular weight excluding hydrogens is 190 g/mol. The van der Waals surface area contributed by atoms with Gasteiger partial charge in [-0.1, -0.05) is 6.42 Å². The van der Waals surface area contributed by atoms with E-state index in [1.807, 2.05) is 0 Å². The summed E-state index contributed by atoms with van der Waals surface area (Å²) < 4.78 is 0. The molecule has 0 aromatic carbocycles. The Bertz CT molecular complexity index is 324. The Hall–Kier alpha value is -1.10. The van der Waals surface area contributed by atoms with Crippen LogP contribution < -0.4 is 10.2 Å².